The molecule has 1 aromatic heterocycles. The monoisotopic (exact) mass is 384 g/mol. The fourth-order valence-electron chi connectivity index (χ4n) is 2.63. The first-order valence-corrected chi connectivity index (χ1v) is 10.5. The first-order chi connectivity index (χ1) is 11.8. The summed E-state index contributed by atoms with van der Waals surface area (Å²) in [5.41, 5.74) is 0.455. The number of thiophene rings is 1. The average molecular weight is 385 g/mol. The van der Waals surface area contributed by atoms with Crippen molar-refractivity contribution in [2.75, 3.05) is 20.7 Å². The van der Waals surface area contributed by atoms with Crippen LogP contribution in [0, 0.1) is 5.92 Å². The number of hydrogen-bond donors (Lipinski definition) is 0. The topological polar surface area (TPSA) is 76.0 Å². The zero-order chi connectivity index (χ0) is 18.4. The van der Waals surface area contributed by atoms with Crippen molar-refractivity contribution in [1.29, 1.82) is 0 Å². The summed E-state index contributed by atoms with van der Waals surface area (Å²) < 4.78 is 33.4. The second kappa shape index (κ2) is 8.62. The molecule has 0 N–H and O–H groups in total. The van der Waals surface area contributed by atoms with Gasteiger partial charge in [-0.05, 0) is 37.8 Å². The summed E-state index contributed by atoms with van der Waals surface area (Å²) in [6.07, 6.45) is 7.59. The second-order valence-electron chi connectivity index (χ2n) is 6.12. The number of hydrogen-bond acceptors (Lipinski definition) is 5. The van der Waals surface area contributed by atoms with Gasteiger partial charge in [-0.15, -0.1) is 15.7 Å². The highest BCUT2D eigenvalue weighted by Crippen LogP contribution is 2.33. The molecule has 0 saturated heterocycles. The molecule has 8 heteroatoms. The van der Waals surface area contributed by atoms with Gasteiger partial charge in [-0.3, -0.25) is 0 Å². The maximum atomic E-state index is 12.3. The third-order valence-electron chi connectivity index (χ3n) is 3.82. The Bertz CT molecular complexity index is 757. The molecule has 0 aromatic carbocycles. The summed E-state index contributed by atoms with van der Waals surface area (Å²) in [6, 6.07) is 3.14. The number of ether oxygens (including phenoxy) is 1. The molecule has 0 unspecified atom stereocenters. The van der Waals surface area contributed by atoms with E-state index in [1.165, 1.54) is 12.4 Å². The van der Waals surface area contributed by atoms with Crippen LogP contribution >= 0.6 is 11.3 Å². The van der Waals surface area contributed by atoms with Crippen molar-refractivity contribution >= 4 is 39.2 Å². The minimum atomic E-state index is -3.77. The van der Waals surface area contributed by atoms with E-state index in [1.807, 2.05) is 6.08 Å². The molecule has 0 atom stereocenters. The zero-order valence-corrected chi connectivity index (χ0v) is 16.4. The highest BCUT2D eigenvalue weighted by Gasteiger charge is 2.23. The second-order valence-corrected chi connectivity index (χ2v) is 9.07. The van der Waals surface area contributed by atoms with E-state index in [9.17, 15) is 13.2 Å². The standard InChI is InChI=1S/C17H24N2O4S2/c1-4-23-17(20)14(11-13-7-5-6-8-13)15-9-10-16(24-15)25(21,22)18-12-19(2)3/h9-13H,4-8H2,1-3H3. The highest BCUT2D eigenvalue weighted by atomic mass is 32.2. The normalized spacial score (nSPS) is 16.5. The van der Waals surface area contributed by atoms with Crippen molar-refractivity contribution in [3.05, 3.63) is 23.1 Å². The van der Waals surface area contributed by atoms with E-state index in [1.54, 1.807) is 32.0 Å². The number of sulfonamides is 1. The van der Waals surface area contributed by atoms with Crippen molar-refractivity contribution in [2.24, 2.45) is 10.3 Å². The number of carbonyl (C=O) groups excluding carboxylic acids is 1. The van der Waals surface area contributed by atoms with Crippen molar-refractivity contribution in [3.8, 4) is 0 Å². The van der Waals surface area contributed by atoms with E-state index in [0.717, 1.165) is 37.0 Å². The van der Waals surface area contributed by atoms with E-state index in [0.29, 0.717) is 16.4 Å². The summed E-state index contributed by atoms with van der Waals surface area (Å²) in [7, 11) is -0.373. The third kappa shape index (κ3) is 5.40. The molecule has 1 fully saturated rings. The van der Waals surface area contributed by atoms with Crippen LogP contribution in [0.5, 0.6) is 0 Å². The lowest BCUT2D eigenvalue weighted by atomic mass is 10.0. The lowest BCUT2D eigenvalue weighted by Crippen LogP contribution is -2.09. The van der Waals surface area contributed by atoms with Crippen LogP contribution in [-0.2, 0) is 19.6 Å². The summed E-state index contributed by atoms with van der Waals surface area (Å²) in [4.78, 5) is 14.5. The third-order valence-corrected chi connectivity index (χ3v) is 6.63. The zero-order valence-electron chi connectivity index (χ0n) is 14.8. The van der Waals surface area contributed by atoms with Crippen LogP contribution < -0.4 is 0 Å². The molecular weight excluding hydrogens is 360 g/mol. The molecule has 0 spiro atoms. The molecule has 138 valence electrons. The van der Waals surface area contributed by atoms with E-state index < -0.39 is 16.0 Å². The fraction of sp³-hybridized carbons (Fsp3) is 0.529. The predicted molar refractivity (Wildman–Crippen MR) is 100 cm³/mol. The molecule has 0 aliphatic heterocycles. The van der Waals surface area contributed by atoms with Gasteiger partial charge in [0.2, 0.25) is 0 Å². The Labute approximate surface area is 153 Å². The van der Waals surface area contributed by atoms with Gasteiger partial charge < -0.3 is 9.64 Å². The van der Waals surface area contributed by atoms with Crippen molar-refractivity contribution in [2.45, 2.75) is 36.8 Å². The minimum Gasteiger partial charge on any atom is -0.462 e. The Kier molecular flexibility index (Phi) is 6.78. The summed E-state index contributed by atoms with van der Waals surface area (Å²) >= 11 is 1.05. The van der Waals surface area contributed by atoms with Crippen molar-refractivity contribution in [3.63, 3.8) is 0 Å². The molecule has 6 nitrogen and oxygen atoms in total. The molecule has 0 radical (unpaired) electrons. The van der Waals surface area contributed by atoms with Gasteiger partial charge in [-0.2, -0.15) is 8.42 Å². The Morgan fingerprint density at radius 3 is 2.64 bits per heavy atom. The molecule has 0 amide bonds. The number of rotatable bonds is 7. The molecule has 1 heterocycles. The Morgan fingerprint density at radius 2 is 2.04 bits per heavy atom. The highest BCUT2D eigenvalue weighted by molar-refractivity contribution is 7.92. The molecule has 1 saturated carbocycles. The van der Waals surface area contributed by atoms with Gasteiger partial charge in [0.25, 0.3) is 10.0 Å². The lowest BCUT2D eigenvalue weighted by molar-refractivity contribution is -0.136. The van der Waals surface area contributed by atoms with Crippen LogP contribution in [0.4, 0.5) is 0 Å². The first-order valence-electron chi connectivity index (χ1n) is 8.29. The van der Waals surface area contributed by atoms with Crippen molar-refractivity contribution < 1.29 is 17.9 Å². The molecule has 1 aliphatic rings. The number of nitrogens with zero attached hydrogens (tertiary/aromatic N) is 2. The van der Waals surface area contributed by atoms with Gasteiger partial charge in [0, 0.05) is 19.0 Å². The van der Waals surface area contributed by atoms with Crippen molar-refractivity contribution in [1.82, 2.24) is 4.90 Å². The van der Waals surface area contributed by atoms with E-state index >= 15 is 0 Å². The van der Waals surface area contributed by atoms with E-state index in [-0.39, 0.29) is 10.8 Å². The maximum Gasteiger partial charge on any atom is 0.339 e. The van der Waals surface area contributed by atoms with E-state index in [2.05, 4.69) is 4.40 Å². The number of allylic oxidation sites excluding steroid dienone is 1. The molecular formula is C17H24N2O4S2. The van der Waals surface area contributed by atoms with Gasteiger partial charge in [-0.1, -0.05) is 18.9 Å². The molecule has 2 rings (SSSR count). The van der Waals surface area contributed by atoms with Gasteiger partial charge in [-0.25, -0.2) is 4.79 Å². The Balaban J connectivity index is 2.33. The van der Waals surface area contributed by atoms with Crippen LogP contribution in [0.3, 0.4) is 0 Å². The van der Waals surface area contributed by atoms with Crippen LogP contribution in [-0.4, -0.2) is 46.3 Å². The van der Waals surface area contributed by atoms with Gasteiger partial charge in [0.05, 0.1) is 12.2 Å². The summed E-state index contributed by atoms with van der Waals surface area (Å²) in [5.74, 6) is -0.0645. The smallest absolute Gasteiger partial charge is 0.339 e. The van der Waals surface area contributed by atoms with E-state index in [4.69, 9.17) is 4.74 Å². The van der Waals surface area contributed by atoms with Gasteiger partial charge >= 0.3 is 5.97 Å². The molecule has 25 heavy (non-hydrogen) atoms. The van der Waals surface area contributed by atoms with Crippen LogP contribution in [0.15, 0.2) is 26.8 Å². The SMILES string of the molecule is CCOC(=O)C(=CC1CCCC1)c1ccc(S(=O)(=O)N=CN(C)C)s1. The largest absolute Gasteiger partial charge is 0.462 e. The van der Waals surface area contributed by atoms with Crippen LogP contribution in [0.25, 0.3) is 5.57 Å². The quantitative estimate of drug-likeness (QED) is 0.312. The maximum absolute atomic E-state index is 12.3. The first kappa shape index (κ1) is 19.7. The summed E-state index contributed by atoms with van der Waals surface area (Å²) in [5, 5.41) is 0. The van der Waals surface area contributed by atoms with Crippen LogP contribution in [0.1, 0.15) is 37.5 Å². The van der Waals surface area contributed by atoms with Gasteiger partial charge in [0.1, 0.15) is 10.5 Å². The molecule has 1 aromatic rings. The van der Waals surface area contributed by atoms with Gasteiger partial charge in [0.15, 0.2) is 0 Å². The molecule has 1 aliphatic carbocycles. The minimum absolute atomic E-state index is 0.113. The predicted octanol–water partition coefficient (Wildman–Crippen LogP) is 3.16. The lowest BCUT2D eigenvalue weighted by Gasteiger charge is -2.08. The summed E-state index contributed by atoms with van der Waals surface area (Å²) in [6.45, 7) is 2.04. The molecule has 0 bridgehead atoms. The average Bonchev–Trinajstić information content (AvgIpc) is 3.22. The Morgan fingerprint density at radius 1 is 1.36 bits per heavy atom. The fourth-order valence-corrected chi connectivity index (χ4v) is 4.86. The number of carbonyl (C=O) groups is 1. The Hall–Kier alpha value is -1.67. The van der Waals surface area contributed by atoms with Crippen LogP contribution in [0.2, 0.25) is 0 Å². The number of esters is 1.